The first-order valence-corrected chi connectivity index (χ1v) is 10.9. The Labute approximate surface area is 185 Å². The number of nitrogens with two attached hydrogens (primary N) is 1. The van der Waals surface area contributed by atoms with Gasteiger partial charge in [-0.1, -0.05) is 18.2 Å². The van der Waals surface area contributed by atoms with Crippen LogP contribution in [0.15, 0.2) is 71.8 Å². The zero-order valence-corrected chi connectivity index (χ0v) is 18.0. The van der Waals surface area contributed by atoms with Crippen LogP contribution in [0, 0.1) is 6.92 Å². The highest BCUT2D eigenvalue weighted by Crippen LogP contribution is 2.33. The smallest absolute Gasteiger partial charge is 0.229 e. The molecule has 4 rings (SSSR count). The molecule has 0 aliphatic carbocycles. The quantitative estimate of drug-likeness (QED) is 0.438. The Bertz CT molecular complexity index is 1160. The second-order valence-electron chi connectivity index (χ2n) is 7.22. The lowest BCUT2D eigenvalue weighted by Crippen LogP contribution is -2.24. The molecule has 0 saturated carbocycles. The molecule has 1 amide bonds. The zero-order chi connectivity index (χ0) is 21.6. The average molecular weight is 430 g/mol. The van der Waals surface area contributed by atoms with E-state index >= 15 is 0 Å². The predicted octanol–water partition coefficient (Wildman–Crippen LogP) is 4.18. The van der Waals surface area contributed by atoms with Crippen LogP contribution in [0.4, 0.5) is 5.82 Å². The molecule has 0 fully saturated rings. The molecule has 1 unspecified atom stereocenters. The van der Waals surface area contributed by atoms with Gasteiger partial charge in [-0.25, -0.2) is 4.98 Å². The maximum Gasteiger partial charge on any atom is 0.229 e. The van der Waals surface area contributed by atoms with Crippen molar-refractivity contribution >= 4 is 23.1 Å². The van der Waals surface area contributed by atoms with Gasteiger partial charge in [0.15, 0.2) is 0 Å². The van der Waals surface area contributed by atoms with Gasteiger partial charge in [0.2, 0.25) is 5.91 Å². The van der Waals surface area contributed by atoms with Crippen molar-refractivity contribution in [1.82, 2.24) is 15.0 Å². The largest absolute Gasteiger partial charge is 0.369 e. The number of primary amides is 1. The molecule has 0 saturated heterocycles. The minimum Gasteiger partial charge on any atom is -0.369 e. The summed E-state index contributed by atoms with van der Waals surface area (Å²) in [5.74, 6) is -0.440. The van der Waals surface area contributed by atoms with E-state index in [2.05, 4.69) is 33.0 Å². The Morgan fingerprint density at radius 3 is 2.71 bits per heavy atom. The first-order chi connectivity index (χ1) is 15.1. The first-order valence-electron chi connectivity index (χ1n) is 10.0. The summed E-state index contributed by atoms with van der Waals surface area (Å²) in [7, 11) is 0. The molecule has 0 aliphatic rings. The number of thiophene rings is 1. The molecule has 156 valence electrons. The topological polar surface area (TPSA) is 93.8 Å². The standard InChI is InChI=1S/C24H23N5OS/c1-16-14-31-15-20(16)21-8-7-19(22(23(25)30)17-5-4-10-26-13-17)24(29-21)28-12-9-18-6-2-3-11-27-18/h2-8,10-11,13-15,22H,9,12H2,1H3,(H2,25,30)(H,28,29). The molecule has 4 heterocycles. The van der Waals surface area contributed by atoms with Gasteiger partial charge < -0.3 is 11.1 Å². The number of anilines is 1. The van der Waals surface area contributed by atoms with Crippen LogP contribution in [0.2, 0.25) is 0 Å². The average Bonchev–Trinajstić information content (AvgIpc) is 3.22. The molecule has 6 nitrogen and oxygen atoms in total. The zero-order valence-electron chi connectivity index (χ0n) is 17.2. The van der Waals surface area contributed by atoms with E-state index in [9.17, 15) is 4.79 Å². The summed E-state index contributed by atoms with van der Waals surface area (Å²) in [6, 6.07) is 13.4. The minimum atomic E-state index is -0.642. The van der Waals surface area contributed by atoms with Crippen LogP contribution in [0.25, 0.3) is 11.3 Å². The molecule has 0 aliphatic heterocycles. The van der Waals surface area contributed by atoms with E-state index in [1.165, 1.54) is 5.56 Å². The summed E-state index contributed by atoms with van der Waals surface area (Å²) in [4.78, 5) is 25.9. The predicted molar refractivity (Wildman–Crippen MR) is 124 cm³/mol. The third kappa shape index (κ3) is 4.78. The van der Waals surface area contributed by atoms with Crippen LogP contribution in [-0.2, 0) is 11.2 Å². The van der Waals surface area contributed by atoms with Crippen LogP contribution in [-0.4, -0.2) is 27.4 Å². The summed E-state index contributed by atoms with van der Waals surface area (Å²) in [5.41, 5.74) is 11.4. The molecule has 0 bridgehead atoms. The third-order valence-corrected chi connectivity index (χ3v) is 5.93. The van der Waals surface area contributed by atoms with Crippen molar-refractivity contribution in [3.63, 3.8) is 0 Å². The van der Waals surface area contributed by atoms with Gasteiger partial charge in [0.05, 0.1) is 11.6 Å². The highest BCUT2D eigenvalue weighted by Gasteiger charge is 2.25. The Morgan fingerprint density at radius 1 is 1.13 bits per heavy atom. The maximum absolute atomic E-state index is 12.4. The van der Waals surface area contributed by atoms with Crippen LogP contribution < -0.4 is 11.1 Å². The normalized spacial score (nSPS) is 11.8. The molecular weight excluding hydrogens is 406 g/mol. The van der Waals surface area contributed by atoms with Crippen LogP contribution in [0.5, 0.6) is 0 Å². The number of pyridine rings is 3. The molecule has 7 heteroatoms. The Balaban J connectivity index is 1.70. The van der Waals surface area contributed by atoms with Crippen molar-refractivity contribution in [2.45, 2.75) is 19.3 Å². The van der Waals surface area contributed by atoms with Crippen molar-refractivity contribution in [2.75, 3.05) is 11.9 Å². The summed E-state index contributed by atoms with van der Waals surface area (Å²) in [6.45, 7) is 2.69. The van der Waals surface area contributed by atoms with E-state index in [4.69, 9.17) is 10.7 Å². The van der Waals surface area contributed by atoms with Crippen molar-refractivity contribution in [1.29, 1.82) is 0 Å². The van der Waals surface area contributed by atoms with Crippen molar-refractivity contribution in [2.24, 2.45) is 5.73 Å². The fourth-order valence-electron chi connectivity index (χ4n) is 3.52. The fourth-order valence-corrected chi connectivity index (χ4v) is 4.36. The number of carbonyl (C=O) groups is 1. The highest BCUT2D eigenvalue weighted by molar-refractivity contribution is 7.08. The third-order valence-electron chi connectivity index (χ3n) is 5.07. The number of nitrogens with one attached hydrogen (secondary N) is 1. The molecule has 4 aromatic heterocycles. The van der Waals surface area contributed by atoms with Crippen molar-refractivity contribution in [3.8, 4) is 11.3 Å². The van der Waals surface area contributed by atoms with E-state index in [0.717, 1.165) is 34.5 Å². The summed E-state index contributed by atoms with van der Waals surface area (Å²) in [6.07, 6.45) is 5.86. The van der Waals surface area contributed by atoms with Crippen LogP contribution >= 0.6 is 11.3 Å². The minimum absolute atomic E-state index is 0.443. The number of aromatic nitrogens is 3. The first kappa shape index (κ1) is 20.7. The van der Waals surface area contributed by atoms with Gasteiger partial charge in [0.1, 0.15) is 5.82 Å². The van der Waals surface area contributed by atoms with Gasteiger partial charge >= 0.3 is 0 Å². The number of hydrogen-bond acceptors (Lipinski definition) is 6. The lowest BCUT2D eigenvalue weighted by molar-refractivity contribution is -0.118. The van der Waals surface area contributed by atoms with E-state index in [1.807, 2.05) is 36.4 Å². The van der Waals surface area contributed by atoms with Gasteiger partial charge in [0, 0.05) is 53.8 Å². The van der Waals surface area contributed by atoms with E-state index in [1.54, 1.807) is 36.0 Å². The summed E-state index contributed by atoms with van der Waals surface area (Å²) >= 11 is 1.64. The SMILES string of the molecule is Cc1cscc1-c1ccc(C(C(N)=O)c2cccnc2)c(NCCc2ccccn2)n1. The van der Waals surface area contributed by atoms with E-state index in [0.29, 0.717) is 12.4 Å². The van der Waals surface area contributed by atoms with Crippen LogP contribution in [0.1, 0.15) is 28.3 Å². The van der Waals surface area contributed by atoms with E-state index < -0.39 is 11.8 Å². The second-order valence-corrected chi connectivity index (χ2v) is 7.97. The molecule has 3 N–H and O–H groups in total. The Morgan fingerprint density at radius 2 is 2.03 bits per heavy atom. The Hall–Kier alpha value is -3.58. The number of rotatable bonds is 8. The number of aryl methyl sites for hydroxylation is 1. The number of nitrogens with zero attached hydrogens (tertiary/aromatic N) is 3. The van der Waals surface area contributed by atoms with Crippen LogP contribution in [0.3, 0.4) is 0 Å². The molecule has 31 heavy (non-hydrogen) atoms. The fraction of sp³-hybridized carbons (Fsp3) is 0.167. The van der Waals surface area contributed by atoms with Gasteiger partial charge in [-0.2, -0.15) is 11.3 Å². The van der Waals surface area contributed by atoms with Crippen molar-refractivity contribution < 1.29 is 4.79 Å². The molecule has 0 aromatic carbocycles. The maximum atomic E-state index is 12.4. The highest BCUT2D eigenvalue weighted by atomic mass is 32.1. The second kappa shape index (κ2) is 9.49. The lowest BCUT2D eigenvalue weighted by atomic mass is 9.91. The summed E-state index contributed by atoms with van der Waals surface area (Å²) in [5, 5.41) is 7.60. The number of amides is 1. The molecule has 1 atom stereocenters. The van der Waals surface area contributed by atoms with Crippen molar-refractivity contribution in [3.05, 3.63) is 94.2 Å². The van der Waals surface area contributed by atoms with E-state index in [-0.39, 0.29) is 0 Å². The van der Waals surface area contributed by atoms with Gasteiger partial charge in [-0.3, -0.25) is 14.8 Å². The molecular formula is C24H23N5OS. The molecule has 0 spiro atoms. The lowest BCUT2D eigenvalue weighted by Gasteiger charge is -2.19. The molecule has 0 radical (unpaired) electrons. The van der Waals surface area contributed by atoms with Gasteiger partial charge in [0.25, 0.3) is 0 Å². The number of hydrogen-bond donors (Lipinski definition) is 2. The van der Waals surface area contributed by atoms with Gasteiger partial charge in [-0.15, -0.1) is 0 Å². The molecule has 4 aromatic rings. The monoisotopic (exact) mass is 429 g/mol. The number of carbonyl (C=O) groups excluding carboxylic acids is 1. The van der Waals surface area contributed by atoms with Gasteiger partial charge in [-0.05, 0) is 47.7 Å². The Kier molecular flexibility index (Phi) is 6.33. The summed E-state index contributed by atoms with van der Waals surface area (Å²) < 4.78 is 0.